The normalized spacial score (nSPS) is 13.6. The summed E-state index contributed by atoms with van der Waals surface area (Å²) in [7, 11) is 1.94. The molecule has 0 aliphatic carbocycles. The summed E-state index contributed by atoms with van der Waals surface area (Å²) >= 11 is 0. The molecule has 1 heterocycles. The highest BCUT2D eigenvalue weighted by atomic mass is 16.3. The number of aromatic nitrogens is 1. The van der Waals surface area contributed by atoms with Crippen LogP contribution >= 0.6 is 0 Å². The standard InChI is InChI=1S/C12H21N3O/c1-9(13)11-6-5-10(7-14-11)15(4)12(2,3)8-16/h5-7,9,16H,8,13H2,1-4H3/t9-/m1/s1. The largest absolute Gasteiger partial charge is 0.394 e. The van der Waals surface area contributed by atoms with E-state index in [2.05, 4.69) is 4.98 Å². The second-order valence-corrected chi connectivity index (χ2v) is 4.76. The highest BCUT2D eigenvalue weighted by Crippen LogP contribution is 2.21. The summed E-state index contributed by atoms with van der Waals surface area (Å²) in [6, 6.07) is 3.85. The van der Waals surface area contributed by atoms with Gasteiger partial charge in [-0.05, 0) is 32.9 Å². The number of likely N-dealkylation sites (N-methyl/N-ethyl adjacent to an activating group) is 1. The fourth-order valence-corrected chi connectivity index (χ4v) is 1.32. The lowest BCUT2D eigenvalue weighted by atomic mass is 10.0. The average molecular weight is 223 g/mol. The summed E-state index contributed by atoms with van der Waals surface area (Å²) in [6.45, 7) is 5.96. The first-order chi connectivity index (χ1) is 7.38. The predicted molar refractivity (Wildman–Crippen MR) is 66.4 cm³/mol. The van der Waals surface area contributed by atoms with Crippen LogP contribution < -0.4 is 10.6 Å². The van der Waals surface area contributed by atoms with Crippen molar-refractivity contribution in [2.24, 2.45) is 5.73 Å². The molecule has 1 aromatic rings. The lowest BCUT2D eigenvalue weighted by molar-refractivity contribution is 0.216. The first-order valence-electron chi connectivity index (χ1n) is 5.44. The van der Waals surface area contributed by atoms with Crippen LogP contribution in [0.25, 0.3) is 0 Å². The topological polar surface area (TPSA) is 62.4 Å². The Morgan fingerprint density at radius 3 is 2.50 bits per heavy atom. The highest BCUT2D eigenvalue weighted by Gasteiger charge is 2.22. The van der Waals surface area contributed by atoms with E-state index in [1.165, 1.54) is 0 Å². The summed E-state index contributed by atoms with van der Waals surface area (Å²) in [4.78, 5) is 6.30. The maximum Gasteiger partial charge on any atom is 0.0658 e. The Morgan fingerprint density at radius 2 is 2.12 bits per heavy atom. The average Bonchev–Trinajstić information content (AvgIpc) is 2.28. The fraction of sp³-hybridized carbons (Fsp3) is 0.583. The fourth-order valence-electron chi connectivity index (χ4n) is 1.32. The van der Waals surface area contributed by atoms with Crippen LogP contribution in [-0.4, -0.2) is 29.3 Å². The van der Waals surface area contributed by atoms with E-state index in [1.54, 1.807) is 6.20 Å². The molecule has 0 aliphatic rings. The second-order valence-electron chi connectivity index (χ2n) is 4.76. The zero-order chi connectivity index (χ0) is 12.3. The molecule has 0 aromatic carbocycles. The molecule has 0 radical (unpaired) electrons. The van der Waals surface area contributed by atoms with Gasteiger partial charge in [-0.15, -0.1) is 0 Å². The van der Waals surface area contributed by atoms with Crippen molar-refractivity contribution in [3.63, 3.8) is 0 Å². The van der Waals surface area contributed by atoms with Gasteiger partial charge in [0.1, 0.15) is 0 Å². The Balaban J connectivity index is 2.90. The zero-order valence-corrected chi connectivity index (χ0v) is 10.4. The van der Waals surface area contributed by atoms with Gasteiger partial charge in [-0.1, -0.05) is 0 Å². The molecule has 0 saturated carbocycles. The first kappa shape index (κ1) is 12.9. The molecule has 0 spiro atoms. The van der Waals surface area contributed by atoms with Gasteiger partial charge in [-0.3, -0.25) is 4.98 Å². The van der Waals surface area contributed by atoms with E-state index in [0.29, 0.717) is 0 Å². The smallest absolute Gasteiger partial charge is 0.0658 e. The van der Waals surface area contributed by atoms with Gasteiger partial charge in [0, 0.05) is 13.1 Å². The van der Waals surface area contributed by atoms with E-state index >= 15 is 0 Å². The third kappa shape index (κ3) is 2.71. The molecule has 0 fully saturated rings. The van der Waals surface area contributed by atoms with Crippen LogP contribution in [0.2, 0.25) is 0 Å². The number of aliphatic hydroxyl groups is 1. The molecule has 4 nitrogen and oxygen atoms in total. The minimum atomic E-state index is -0.294. The number of nitrogens with zero attached hydrogens (tertiary/aromatic N) is 2. The Hall–Kier alpha value is -1.13. The summed E-state index contributed by atoms with van der Waals surface area (Å²) in [5.41, 5.74) is 7.29. The second kappa shape index (κ2) is 4.80. The number of pyridine rings is 1. The van der Waals surface area contributed by atoms with Crippen LogP contribution in [0.5, 0.6) is 0 Å². The molecule has 0 bridgehead atoms. The monoisotopic (exact) mass is 223 g/mol. The third-order valence-electron chi connectivity index (χ3n) is 2.92. The number of hydrogen-bond acceptors (Lipinski definition) is 4. The van der Waals surface area contributed by atoms with Gasteiger partial charge in [-0.25, -0.2) is 0 Å². The maximum absolute atomic E-state index is 9.29. The summed E-state index contributed by atoms with van der Waals surface area (Å²) in [5, 5.41) is 9.29. The number of hydrogen-bond donors (Lipinski definition) is 2. The molecular weight excluding hydrogens is 202 g/mol. The molecule has 90 valence electrons. The summed E-state index contributed by atoms with van der Waals surface area (Å²) in [5.74, 6) is 0. The maximum atomic E-state index is 9.29. The van der Waals surface area contributed by atoms with Gasteiger partial charge in [0.05, 0.1) is 29.7 Å². The minimum absolute atomic E-state index is 0.0507. The van der Waals surface area contributed by atoms with Crippen molar-refractivity contribution in [1.82, 2.24) is 4.98 Å². The Morgan fingerprint density at radius 1 is 1.50 bits per heavy atom. The van der Waals surface area contributed by atoms with E-state index in [4.69, 9.17) is 5.73 Å². The number of anilines is 1. The lowest BCUT2D eigenvalue weighted by Crippen LogP contribution is -2.44. The van der Waals surface area contributed by atoms with Crippen molar-refractivity contribution in [3.8, 4) is 0 Å². The molecule has 0 unspecified atom stereocenters. The third-order valence-corrected chi connectivity index (χ3v) is 2.92. The van der Waals surface area contributed by atoms with E-state index in [-0.39, 0.29) is 18.2 Å². The van der Waals surface area contributed by atoms with Crippen LogP contribution in [0.4, 0.5) is 5.69 Å². The molecule has 1 aromatic heterocycles. The molecule has 1 atom stereocenters. The Labute approximate surface area is 97.1 Å². The molecule has 0 amide bonds. The van der Waals surface area contributed by atoms with Gasteiger partial charge in [0.25, 0.3) is 0 Å². The first-order valence-corrected chi connectivity index (χ1v) is 5.44. The van der Waals surface area contributed by atoms with Crippen molar-refractivity contribution in [2.75, 3.05) is 18.6 Å². The highest BCUT2D eigenvalue weighted by molar-refractivity contribution is 5.46. The van der Waals surface area contributed by atoms with E-state index in [9.17, 15) is 5.11 Å². The molecular formula is C12H21N3O. The molecule has 0 saturated heterocycles. The molecule has 0 aliphatic heterocycles. The van der Waals surface area contributed by atoms with Gasteiger partial charge in [-0.2, -0.15) is 0 Å². The van der Waals surface area contributed by atoms with Gasteiger partial charge in [0.15, 0.2) is 0 Å². The molecule has 1 rings (SSSR count). The lowest BCUT2D eigenvalue weighted by Gasteiger charge is -2.35. The van der Waals surface area contributed by atoms with Crippen molar-refractivity contribution >= 4 is 5.69 Å². The van der Waals surface area contributed by atoms with Crippen molar-refractivity contribution in [1.29, 1.82) is 0 Å². The van der Waals surface area contributed by atoms with Gasteiger partial charge < -0.3 is 15.7 Å². The van der Waals surface area contributed by atoms with E-state index < -0.39 is 0 Å². The Bertz CT molecular complexity index is 333. The van der Waals surface area contributed by atoms with Crippen LogP contribution in [0.1, 0.15) is 32.5 Å². The summed E-state index contributed by atoms with van der Waals surface area (Å²) in [6.07, 6.45) is 1.79. The molecule has 4 heteroatoms. The zero-order valence-electron chi connectivity index (χ0n) is 10.4. The van der Waals surface area contributed by atoms with Crippen LogP contribution in [-0.2, 0) is 0 Å². The van der Waals surface area contributed by atoms with Crippen molar-refractivity contribution < 1.29 is 5.11 Å². The van der Waals surface area contributed by atoms with E-state index in [0.717, 1.165) is 11.4 Å². The van der Waals surface area contributed by atoms with Crippen molar-refractivity contribution in [3.05, 3.63) is 24.0 Å². The SMILES string of the molecule is C[C@@H](N)c1ccc(N(C)C(C)(C)CO)cn1. The predicted octanol–water partition coefficient (Wildman–Crippen LogP) is 1.31. The molecule has 16 heavy (non-hydrogen) atoms. The Kier molecular flexibility index (Phi) is 3.88. The van der Waals surface area contributed by atoms with Crippen LogP contribution in [0, 0.1) is 0 Å². The van der Waals surface area contributed by atoms with Gasteiger partial charge in [0.2, 0.25) is 0 Å². The van der Waals surface area contributed by atoms with Crippen LogP contribution in [0.15, 0.2) is 18.3 Å². The quantitative estimate of drug-likeness (QED) is 0.808. The van der Waals surface area contributed by atoms with Crippen LogP contribution in [0.3, 0.4) is 0 Å². The van der Waals surface area contributed by atoms with E-state index in [1.807, 2.05) is 44.9 Å². The number of nitrogens with two attached hydrogens (primary N) is 1. The van der Waals surface area contributed by atoms with Crippen molar-refractivity contribution in [2.45, 2.75) is 32.4 Å². The van der Waals surface area contributed by atoms with Gasteiger partial charge >= 0.3 is 0 Å². The number of rotatable bonds is 4. The minimum Gasteiger partial charge on any atom is -0.394 e. The molecule has 3 N–H and O–H groups in total. The number of aliphatic hydroxyl groups excluding tert-OH is 1. The summed E-state index contributed by atoms with van der Waals surface area (Å²) < 4.78 is 0.